The summed E-state index contributed by atoms with van der Waals surface area (Å²) in [6, 6.07) is 3.67. The molecule has 0 aliphatic heterocycles. The summed E-state index contributed by atoms with van der Waals surface area (Å²) in [5.74, 6) is -2.30. The minimum absolute atomic E-state index is 0.0226. The zero-order chi connectivity index (χ0) is 22.1. The van der Waals surface area contributed by atoms with E-state index in [0.717, 1.165) is 12.1 Å². The van der Waals surface area contributed by atoms with Gasteiger partial charge in [-0.1, -0.05) is 20.8 Å². The molecule has 0 fully saturated rings. The van der Waals surface area contributed by atoms with Crippen molar-refractivity contribution in [1.29, 1.82) is 0 Å². The van der Waals surface area contributed by atoms with Gasteiger partial charge in [0.15, 0.2) is 0 Å². The highest BCUT2D eigenvalue weighted by Crippen LogP contribution is 2.33. The Labute approximate surface area is 168 Å². The van der Waals surface area contributed by atoms with Gasteiger partial charge in [0.05, 0.1) is 12.0 Å². The maximum Gasteiger partial charge on any atom is 0.267 e. The van der Waals surface area contributed by atoms with Crippen molar-refractivity contribution in [2.75, 3.05) is 5.32 Å². The number of aliphatic hydroxyl groups is 1. The molecule has 7 nitrogen and oxygen atoms in total. The molecule has 8 heteroatoms. The van der Waals surface area contributed by atoms with Crippen LogP contribution in [0.4, 0.5) is 10.1 Å². The summed E-state index contributed by atoms with van der Waals surface area (Å²) in [5.41, 5.74) is 4.29. The average molecular weight is 403 g/mol. The molecule has 156 valence electrons. The zero-order valence-corrected chi connectivity index (χ0v) is 17.1. The number of carbonyl (C=O) groups excluding carboxylic acids is 2. The van der Waals surface area contributed by atoms with Crippen molar-refractivity contribution in [2.24, 2.45) is 5.73 Å². The van der Waals surface area contributed by atoms with Crippen LogP contribution >= 0.6 is 0 Å². The first-order valence-electron chi connectivity index (χ1n) is 9.05. The highest BCUT2D eigenvalue weighted by Gasteiger charge is 2.27. The number of phenols is 1. The molecule has 0 bridgehead atoms. The van der Waals surface area contributed by atoms with Gasteiger partial charge in [-0.15, -0.1) is 0 Å². The number of nitrogens with one attached hydrogen (secondary N) is 1. The van der Waals surface area contributed by atoms with Crippen molar-refractivity contribution in [3.8, 4) is 5.75 Å². The van der Waals surface area contributed by atoms with Crippen LogP contribution < -0.4 is 11.1 Å². The van der Waals surface area contributed by atoms with E-state index in [1.165, 1.54) is 26.1 Å². The predicted molar refractivity (Wildman–Crippen MR) is 107 cm³/mol. The number of primary amides is 1. The summed E-state index contributed by atoms with van der Waals surface area (Å²) in [4.78, 5) is 28.3. The minimum atomic E-state index is -1.43. The quantitative estimate of drug-likeness (QED) is 0.611. The van der Waals surface area contributed by atoms with E-state index in [4.69, 9.17) is 5.73 Å². The molecule has 29 heavy (non-hydrogen) atoms. The van der Waals surface area contributed by atoms with Crippen LogP contribution in [0.1, 0.15) is 61.8 Å². The van der Waals surface area contributed by atoms with Gasteiger partial charge in [0.2, 0.25) is 5.91 Å². The summed E-state index contributed by atoms with van der Waals surface area (Å²) < 4.78 is 14.4. The van der Waals surface area contributed by atoms with Gasteiger partial charge < -0.3 is 21.3 Å². The zero-order valence-electron chi connectivity index (χ0n) is 17.1. The topological polar surface area (TPSA) is 126 Å². The summed E-state index contributed by atoms with van der Waals surface area (Å²) >= 11 is 0. The largest absolute Gasteiger partial charge is 0.508 e. The summed E-state index contributed by atoms with van der Waals surface area (Å²) in [5, 5.41) is 22.7. The number of halogens is 1. The Morgan fingerprint density at radius 3 is 2.34 bits per heavy atom. The third-order valence-electron chi connectivity index (χ3n) is 4.38. The summed E-state index contributed by atoms with van der Waals surface area (Å²) in [6.07, 6.45) is 0.999. The Balaban J connectivity index is 2.35. The van der Waals surface area contributed by atoms with Gasteiger partial charge in [-0.05, 0) is 37.5 Å². The molecule has 0 aliphatic carbocycles. The highest BCUT2D eigenvalue weighted by molar-refractivity contribution is 5.98. The summed E-state index contributed by atoms with van der Waals surface area (Å²) in [7, 11) is 0. The lowest BCUT2D eigenvalue weighted by atomic mass is 9.84. The van der Waals surface area contributed by atoms with E-state index in [2.05, 4.69) is 10.3 Å². The molecule has 0 radical (unpaired) electrons. The van der Waals surface area contributed by atoms with Crippen LogP contribution in [0, 0.1) is 5.82 Å². The second-order valence-electron chi connectivity index (χ2n) is 8.44. The maximum absolute atomic E-state index is 14.4. The van der Waals surface area contributed by atoms with Crippen LogP contribution in [0.2, 0.25) is 0 Å². The molecule has 5 N–H and O–H groups in total. The van der Waals surface area contributed by atoms with Crippen LogP contribution in [-0.2, 0) is 22.2 Å². The maximum atomic E-state index is 14.4. The van der Waals surface area contributed by atoms with E-state index in [1.54, 1.807) is 0 Å². The molecular formula is C21H26FN3O4. The SMILES string of the molecule is CC(C)(C)c1c(NC(=O)Cc2cc(O)c(C(C)(C)O)cc2F)ccnc1C(N)=O. The lowest BCUT2D eigenvalue weighted by Crippen LogP contribution is -2.26. The number of rotatable bonds is 5. The normalized spacial score (nSPS) is 12.0. The van der Waals surface area contributed by atoms with Gasteiger partial charge in [-0.3, -0.25) is 14.6 Å². The minimum Gasteiger partial charge on any atom is -0.508 e. The standard InChI is InChI=1S/C21H26FN3O4/c1-20(2,3)17-14(6-7-24-18(17)19(23)28)25-16(27)9-11-8-15(26)12(10-13(11)22)21(4,5)29/h6-8,10,26,29H,9H2,1-5H3,(H2,23,28)(H,24,25,27). The third-order valence-corrected chi connectivity index (χ3v) is 4.38. The van der Waals surface area contributed by atoms with Crippen molar-refractivity contribution < 1.29 is 24.2 Å². The van der Waals surface area contributed by atoms with Gasteiger partial charge in [0.25, 0.3) is 5.91 Å². The van der Waals surface area contributed by atoms with Crippen LogP contribution in [0.5, 0.6) is 5.75 Å². The Bertz CT molecular complexity index is 960. The van der Waals surface area contributed by atoms with Crippen LogP contribution in [0.15, 0.2) is 24.4 Å². The number of carbonyl (C=O) groups is 2. The van der Waals surface area contributed by atoms with Crippen molar-refractivity contribution in [3.05, 3.63) is 52.6 Å². The number of hydrogen-bond acceptors (Lipinski definition) is 5. The van der Waals surface area contributed by atoms with Gasteiger partial charge in [0, 0.05) is 28.6 Å². The molecular weight excluding hydrogens is 377 g/mol. The van der Waals surface area contributed by atoms with Crippen LogP contribution in [-0.4, -0.2) is 27.0 Å². The van der Waals surface area contributed by atoms with E-state index < -0.39 is 28.6 Å². The lowest BCUT2D eigenvalue weighted by molar-refractivity contribution is -0.115. The van der Waals surface area contributed by atoms with Gasteiger partial charge in [-0.2, -0.15) is 0 Å². The van der Waals surface area contributed by atoms with Crippen LogP contribution in [0.25, 0.3) is 0 Å². The molecule has 2 amide bonds. The molecule has 0 atom stereocenters. The van der Waals surface area contributed by atoms with E-state index in [0.29, 0.717) is 11.3 Å². The number of pyridine rings is 1. The predicted octanol–water partition coefficient (Wildman–Crippen LogP) is 2.73. The Kier molecular flexibility index (Phi) is 5.99. The molecule has 2 rings (SSSR count). The fourth-order valence-corrected chi connectivity index (χ4v) is 3.11. The Morgan fingerprint density at radius 2 is 1.83 bits per heavy atom. The van der Waals surface area contributed by atoms with Crippen molar-refractivity contribution in [1.82, 2.24) is 4.98 Å². The molecule has 0 spiro atoms. The molecule has 2 aromatic rings. The number of phenolic OH excluding ortho intramolecular Hbond substituents is 1. The highest BCUT2D eigenvalue weighted by atomic mass is 19.1. The number of aromatic nitrogens is 1. The summed E-state index contributed by atoms with van der Waals surface area (Å²) in [6.45, 7) is 8.38. The van der Waals surface area contributed by atoms with Crippen LogP contribution in [0.3, 0.4) is 0 Å². The van der Waals surface area contributed by atoms with E-state index in [9.17, 15) is 24.2 Å². The number of nitrogens with zero attached hydrogens (tertiary/aromatic N) is 1. The Morgan fingerprint density at radius 1 is 1.21 bits per heavy atom. The van der Waals surface area contributed by atoms with Crippen molar-refractivity contribution >= 4 is 17.5 Å². The van der Waals surface area contributed by atoms with Gasteiger partial charge in [0.1, 0.15) is 17.3 Å². The van der Waals surface area contributed by atoms with E-state index in [-0.39, 0.29) is 29.0 Å². The van der Waals surface area contributed by atoms with Gasteiger partial charge in [-0.25, -0.2) is 4.39 Å². The number of anilines is 1. The molecule has 0 unspecified atom stereocenters. The van der Waals surface area contributed by atoms with Gasteiger partial charge >= 0.3 is 0 Å². The number of benzene rings is 1. The molecule has 1 aromatic carbocycles. The number of hydrogen-bond donors (Lipinski definition) is 4. The van der Waals surface area contributed by atoms with Crippen molar-refractivity contribution in [3.63, 3.8) is 0 Å². The first kappa shape index (κ1) is 22.3. The second-order valence-corrected chi connectivity index (χ2v) is 8.44. The molecule has 0 aliphatic rings. The van der Waals surface area contributed by atoms with E-state index in [1.807, 2.05) is 20.8 Å². The molecule has 0 saturated carbocycles. The lowest BCUT2D eigenvalue weighted by Gasteiger charge is -2.24. The smallest absolute Gasteiger partial charge is 0.267 e. The molecule has 1 aromatic heterocycles. The second kappa shape index (κ2) is 7.79. The molecule has 1 heterocycles. The van der Waals surface area contributed by atoms with E-state index >= 15 is 0 Å². The number of amides is 2. The Hall–Kier alpha value is -3.00. The average Bonchev–Trinajstić information content (AvgIpc) is 2.55. The fraction of sp³-hybridized carbons (Fsp3) is 0.381. The fourth-order valence-electron chi connectivity index (χ4n) is 3.11. The number of aromatic hydroxyl groups is 1. The first-order valence-corrected chi connectivity index (χ1v) is 9.05. The first-order chi connectivity index (χ1) is 13.2. The number of nitrogens with two attached hydrogens (primary N) is 1. The monoisotopic (exact) mass is 403 g/mol. The van der Waals surface area contributed by atoms with Crippen molar-refractivity contribution in [2.45, 2.75) is 52.1 Å². The molecule has 0 saturated heterocycles. The third kappa shape index (κ3) is 5.08.